The zero-order chi connectivity index (χ0) is 29.2. The maximum Gasteiger partial charge on any atom is 0.417 e. The number of halogens is 8. The molecule has 39 heavy (non-hydrogen) atoms. The average Bonchev–Trinajstić information content (AvgIpc) is 2.93. The topological polar surface area (TPSA) is 78.9 Å². The normalized spacial score (nSPS) is 16.5. The number of alkyl halides is 7. The Bertz CT molecular complexity index is 1270. The molecule has 2 N–H and O–H groups in total. The third-order valence-electron chi connectivity index (χ3n) is 5.53. The number of benzene rings is 2. The van der Waals surface area contributed by atoms with Gasteiger partial charge in [-0.2, -0.15) is 13.2 Å². The summed E-state index contributed by atoms with van der Waals surface area (Å²) in [5.41, 5.74) is -4.54. The third kappa shape index (κ3) is 7.25. The lowest BCUT2D eigenvalue weighted by Crippen LogP contribution is -2.34. The molecular formula is C25H22F8N2O4. The van der Waals surface area contributed by atoms with Crippen LogP contribution in [-0.2, 0) is 11.0 Å². The number of allylic oxidation sites excluding steroid dienone is 1. The second-order valence-electron chi connectivity index (χ2n) is 8.71. The highest BCUT2D eigenvalue weighted by Crippen LogP contribution is 2.44. The van der Waals surface area contributed by atoms with Crippen molar-refractivity contribution in [2.24, 2.45) is 0 Å². The third-order valence-corrected chi connectivity index (χ3v) is 5.53. The standard InChI is InChI=1S/C25H22F8N2O4/c1-23(27,28)13-39-15-3-4-16(19(11-15)25(31,32)33)22(38)35-8-6-24(29,30)18(12-21(37)34-7-9-36)17-10-14(26)2-5-20(17)35/h2-5,10-12,36H,6-9,13H2,1H3,(H,34,37). The van der Waals surface area contributed by atoms with Crippen LogP contribution < -0.4 is 15.0 Å². The lowest BCUT2D eigenvalue weighted by atomic mass is 9.96. The molecule has 0 fully saturated rings. The summed E-state index contributed by atoms with van der Waals surface area (Å²) in [5, 5.41) is 11.0. The molecule has 0 spiro atoms. The fourth-order valence-electron chi connectivity index (χ4n) is 3.81. The minimum atomic E-state index is -5.17. The largest absolute Gasteiger partial charge is 0.487 e. The van der Waals surface area contributed by atoms with Gasteiger partial charge in [-0.05, 0) is 36.4 Å². The summed E-state index contributed by atoms with van der Waals surface area (Å²) >= 11 is 0. The van der Waals surface area contributed by atoms with Crippen LogP contribution in [0.25, 0.3) is 5.57 Å². The lowest BCUT2D eigenvalue weighted by molar-refractivity contribution is -0.138. The average molecular weight is 566 g/mol. The van der Waals surface area contributed by atoms with Gasteiger partial charge in [0.1, 0.15) is 11.6 Å². The molecular weight excluding hydrogens is 544 g/mol. The summed E-state index contributed by atoms with van der Waals surface area (Å²) in [6.45, 7) is -2.34. The van der Waals surface area contributed by atoms with Crippen molar-refractivity contribution in [2.75, 3.05) is 31.2 Å². The molecule has 3 rings (SSSR count). The first-order chi connectivity index (χ1) is 18.0. The van der Waals surface area contributed by atoms with E-state index in [-0.39, 0.29) is 12.2 Å². The molecule has 1 aliphatic rings. The van der Waals surface area contributed by atoms with E-state index in [2.05, 4.69) is 5.32 Å². The maximum absolute atomic E-state index is 15.1. The van der Waals surface area contributed by atoms with Gasteiger partial charge in [0.15, 0.2) is 6.61 Å². The van der Waals surface area contributed by atoms with Crippen LogP contribution in [0.2, 0.25) is 0 Å². The Kier molecular flexibility index (Phi) is 8.58. The molecule has 0 saturated carbocycles. The number of carbonyl (C=O) groups is 2. The molecule has 1 heterocycles. The monoisotopic (exact) mass is 566 g/mol. The highest BCUT2D eigenvalue weighted by molar-refractivity contribution is 6.10. The molecule has 1 aliphatic heterocycles. The van der Waals surface area contributed by atoms with Gasteiger partial charge in [0.2, 0.25) is 5.91 Å². The van der Waals surface area contributed by atoms with Crippen molar-refractivity contribution < 1.29 is 54.6 Å². The van der Waals surface area contributed by atoms with Crippen LogP contribution in [0, 0.1) is 5.82 Å². The van der Waals surface area contributed by atoms with E-state index in [9.17, 15) is 35.9 Å². The van der Waals surface area contributed by atoms with Crippen LogP contribution >= 0.6 is 0 Å². The van der Waals surface area contributed by atoms with E-state index in [0.29, 0.717) is 36.1 Å². The van der Waals surface area contributed by atoms with Crippen molar-refractivity contribution in [2.45, 2.75) is 31.4 Å². The molecule has 2 aromatic rings. The Morgan fingerprint density at radius 3 is 2.44 bits per heavy atom. The Balaban J connectivity index is 2.11. The van der Waals surface area contributed by atoms with Crippen molar-refractivity contribution in [1.82, 2.24) is 5.32 Å². The molecule has 212 valence electrons. The van der Waals surface area contributed by atoms with Crippen molar-refractivity contribution in [3.8, 4) is 5.75 Å². The first kappa shape index (κ1) is 29.9. The summed E-state index contributed by atoms with van der Waals surface area (Å²) in [4.78, 5) is 26.1. The van der Waals surface area contributed by atoms with Gasteiger partial charge >= 0.3 is 6.18 Å². The fourth-order valence-corrected chi connectivity index (χ4v) is 3.81. The number of anilines is 1. The Labute approximate surface area is 216 Å². The molecule has 14 heteroatoms. The number of fused-ring (bicyclic) bond motifs is 1. The van der Waals surface area contributed by atoms with E-state index in [1.807, 2.05) is 0 Å². The Hall–Kier alpha value is -3.68. The number of nitrogens with one attached hydrogen (secondary N) is 1. The summed E-state index contributed by atoms with van der Waals surface area (Å²) in [6.07, 6.45) is -5.84. The van der Waals surface area contributed by atoms with Gasteiger partial charge < -0.3 is 20.1 Å². The SMILES string of the molecule is CC(F)(F)COc1ccc(C(=O)N2CCC(F)(F)C(=CC(=O)NCCO)c3cc(F)ccc32)c(C(F)(F)F)c1. The number of aliphatic hydroxyl groups is 1. The van der Waals surface area contributed by atoms with Gasteiger partial charge in [-0.15, -0.1) is 0 Å². The molecule has 0 radical (unpaired) electrons. The zero-order valence-electron chi connectivity index (χ0n) is 20.2. The Morgan fingerprint density at radius 2 is 1.82 bits per heavy atom. The molecule has 0 saturated heterocycles. The van der Waals surface area contributed by atoms with Gasteiger partial charge in [0.25, 0.3) is 17.8 Å². The lowest BCUT2D eigenvalue weighted by Gasteiger charge is -2.25. The van der Waals surface area contributed by atoms with Crippen LogP contribution in [0.15, 0.2) is 42.5 Å². The minimum Gasteiger partial charge on any atom is -0.487 e. The summed E-state index contributed by atoms with van der Waals surface area (Å²) in [7, 11) is 0. The van der Waals surface area contributed by atoms with E-state index in [0.717, 1.165) is 18.2 Å². The van der Waals surface area contributed by atoms with E-state index in [1.54, 1.807) is 0 Å². The summed E-state index contributed by atoms with van der Waals surface area (Å²) < 4.78 is 117. The van der Waals surface area contributed by atoms with Crippen LogP contribution in [0.1, 0.15) is 34.8 Å². The highest BCUT2D eigenvalue weighted by Gasteiger charge is 2.43. The van der Waals surface area contributed by atoms with Gasteiger partial charge in [-0.25, -0.2) is 22.0 Å². The smallest absolute Gasteiger partial charge is 0.417 e. The van der Waals surface area contributed by atoms with E-state index < -0.39 is 89.8 Å². The number of rotatable bonds is 7. The van der Waals surface area contributed by atoms with Gasteiger partial charge in [0, 0.05) is 43.6 Å². The van der Waals surface area contributed by atoms with E-state index >= 15 is 8.78 Å². The number of ether oxygens (including phenoxy) is 1. The number of amides is 2. The van der Waals surface area contributed by atoms with E-state index in [4.69, 9.17) is 9.84 Å². The number of hydrogen-bond donors (Lipinski definition) is 2. The van der Waals surface area contributed by atoms with Crippen LogP contribution in [0.4, 0.5) is 40.8 Å². The van der Waals surface area contributed by atoms with Crippen LogP contribution in [0.5, 0.6) is 5.75 Å². The van der Waals surface area contributed by atoms with Crippen molar-refractivity contribution in [3.05, 3.63) is 65.0 Å². The molecule has 2 amide bonds. The highest BCUT2D eigenvalue weighted by atomic mass is 19.4. The quantitative estimate of drug-likeness (QED) is 0.363. The van der Waals surface area contributed by atoms with E-state index in [1.165, 1.54) is 0 Å². The second-order valence-corrected chi connectivity index (χ2v) is 8.71. The first-order valence-electron chi connectivity index (χ1n) is 11.4. The number of aliphatic hydroxyl groups excluding tert-OH is 1. The van der Waals surface area contributed by atoms with Crippen LogP contribution in [-0.4, -0.2) is 55.1 Å². The summed E-state index contributed by atoms with van der Waals surface area (Å²) in [6, 6.07) is 4.19. The van der Waals surface area contributed by atoms with Gasteiger partial charge in [0.05, 0.1) is 23.4 Å². The van der Waals surface area contributed by atoms with Crippen molar-refractivity contribution in [1.29, 1.82) is 0 Å². The minimum absolute atomic E-state index is 0.273. The van der Waals surface area contributed by atoms with Crippen molar-refractivity contribution >= 4 is 23.1 Å². The molecule has 0 aromatic heterocycles. The predicted octanol–water partition coefficient (Wildman–Crippen LogP) is 5.06. The van der Waals surface area contributed by atoms with Crippen LogP contribution in [0.3, 0.4) is 0 Å². The molecule has 0 atom stereocenters. The molecule has 2 aromatic carbocycles. The van der Waals surface area contributed by atoms with Gasteiger partial charge in [-0.1, -0.05) is 0 Å². The fraction of sp³-hybridized carbons (Fsp3) is 0.360. The molecule has 0 aliphatic carbocycles. The number of hydrogen-bond acceptors (Lipinski definition) is 4. The second kappa shape index (κ2) is 11.2. The first-order valence-corrected chi connectivity index (χ1v) is 11.4. The number of nitrogens with zero attached hydrogens (tertiary/aromatic N) is 1. The molecule has 6 nitrogen and oxygen atoms in total. The summed E-state index contributed by atoms with van der Waals surface area (Å²) in [5.74, 6) is -11.2. The molecule has 0 unspecified atom stereocenters. The molecule has 0 bridgehead atoms. The van der Waals surface area contributed by atoms with Gasteiger partial charge in [-0.3, -0.25) is 9.59 Å². The predicted molar refractivity (Wildman–Crippen MR) is 123 cm³/mol. The number of carbonyl (C=O) groups excluding carboxylic acids is 2. The van der Waals surface area contributed by atoms with Crippen molar-refractivity contribution in [3.63, 3.8) is 0 Å². The zero-order valence-corrected chi connectivity index (χ0v) is 20.2. The Morgan fingerprint density at radius 1 is 1.13 bits per heavy atom. The maximum atomic E-state index is 15.1.